The van der Waals surface area contributed by atoms with Crippen molar-refractivity contribution in [1.29, 1.82) is 0 Å². The van der Waals surface area contributed by atoms with E-state index in [0.29, 0.717) is 25.8 Å². The molecule has 45 heavy (non-hydrogen) atoms. The Morgan fingerprint density at radius 1 is 0.689 bits per heavy atom. The minimum atomic E-state index is -4.38. The highest BCUT2D eigenvalue weighted by Gasteiger charge is 2.28. The fourth-order valence-corrected chi connectivity index (χ4v) is 6.60. The van der Waals surface area contributed by atoms with E-state index in [9.17, 15) is 22.8 Å². The van der Waals surface area contributed by atoms with E-state index in [1.165, 1.54) is 76.3 Å². The molecule has 1 aromatic carbocycles. The molecule has 0 bridgehead atoms. The minimum absolute atomic E-state index is 0.000329. The van der Waals surface area contributed by atoms with Crippen LogP contribution in [0.1, 0.15) is 161 Å². The van der Waals surface area contributed by atoms with Gasteiger partial charge in [-0.05, 0) is 31.4 Å². The van der Waals surface area contributed by atoms with Crippen molar-refractivity contribution in [2.75, 3.05) is 6.54 Å². The van der Waals surface area contributed by atoms with Crippen molar-refractivity contribution in [3.8, 4) is 5.75 Å². The van der Waals surface area contributed by atoms with Gasteiger partial charge >= 0.3 is 12.0 Å². The Balaban J connectivity index is 2.90. The summed E-state index contributed by atoms with van der Waals surface area (Å²) in [4.78, 5) is 37.8. The summed E-state index contributed by atoms with van der Waals surface area (Å²) in [5.74, 6) is -0.839. The van der Waals surface area contributed by atoms with Crippen molar-refractivity contribution in [1.82, 2.24) is 10.0 Å². The molecule has 0 aliphatic heterocycles. The van der Waals surface area contributed by atoms with Crippen molar-refractivity contribution in [3.63, 3.8) is 0 Å². The largest absolute Gasteiger partial charge is 0.425 e. The lowest BCUT2D eigenvalue weighted by molar-refractivity contribution is -0.134. The van der Waals surface area contributed by atoms with Crippen molar-refractivity contribution in [2.45, 2.75) is 167 Å². The monoisotopic (exact) mass is 670 g/mol. The summed E-state index contributed by atoms with van der Waals surface area (Å²) in [5.41, 5.74) is -0.000329. The van der Waals surface area contributed by atoms with Crippen LogP contribution in [-0.2, 0) is 26.0 Å². The van der Waals surface area contributed by atoms with E-state index in [4.69, 9.17) is 16.3 Å². The molecule has 0 aliphatic rings. The van der Waals surface area contributed by atoms with Crippen molar-refractivity contribution in [2.24, 2.45) is 0 Å². The smallest absolute Gasteiger partial charge is 0.328 e. The number of benzene rings is 1. The Morgan fingerprint density at radius 2 is 1.18 bits per heavy atom. The number of hydrogen-bond donors (Lipinski definition) is 2. The lowest BCUT2D eigenvalue weighted by Gasteiger charge is -2.17. The molecule has 0 aromatic heterocycles. The molecule has 1 aromatic rings. The topological polar surface area (TPSA) is 119 Å². The number of hydrogen-bond acceptors (Lipinski definition) is 6. The number of esters is 1. The molecule has 2 amide bonds. The normalized spacial score (nSPS) is 11.4. The SMILES string of the molecule is CCCCCCCCCCCC(=O)Cc1c(S(=O)(=O)NC(=O)NCCC)ccc(Cl)c1OC(=O)CCCCCCCCCCC. The molecular weight excluding hydrogens is 612 g/mol. The van der Waals surface area contributed by atoms with Gasteiger partial charge in [-0.1, -0.05) is 135 Å². The first-order valence-corrected chi connectivity index (χ1v) is 19.4. The summed E-state index contributed by atoms with van der Waals surface area (Å²) >= 11 is 6.43. The van der Waals surface area contributed by atoms with Crippen LogP contribution in [0.15, 0.2) is 17.0 Å². The summed E-state index contributed by atoms with van der Waals surface area (Å²) in [6, 6.07) is 1.69. The third kappa shape index (κ3) is 18.6. The minimum Gasteiger partial charge on any atom is -0.425 e. The zero-order valence-corrected chi connectivity index (χ0v) is 29.7. The number of urea groups is 1. The molecule has 0 aliphatic carbocycles. The second kappa shape index (κ2) is 25.0. The van der Waals surface area contributed by atoms with Crippen LogP contribution in [0.3, 0.4) is 0 Å². The Labute approximate surface area is 278 Å². The molecule has 0 radical (unpaired) electrons. The fraction of sp³-hybridized carbons (Fsp3) is 0.743. The average molecular weight is 671 g/mol. The van der Waals surface area contributed by atoms with Crippen molar-refractivity contribution < 1.29 is 27.5 Å². The third-order valence-electron chi connectivity index (χ3n) is 7.86. The van der Waals surface area contributed by atoms with Crippen molar-refractivity contribution in [3.05, 3.63) is 22.7 Å². The van der Waals surface area contributed by atoms with Gasteiger partial charge in [0.2, 0.25) is 0 Å². The maximum Gasteiger partial charge on any atom is 0.328 e. The first-order valence-electron chi connectivity index (χ1n) is 17.5. The molecule has 0 spiro atoms. The molecule has 2 N–H and O–H groups in total. The van der Waals surface area contributed by atoms with Gasteiger partial charge < -0.3 is 10.1 Å². The predicted molar refractivity (Wildman–Crippen MR) is 183 cm³/mol. The van der Waals surface area contributed by atoms with E-state index in [1.807, 2.05) is 11.6 Å². The van der Waals surface area contributed by atoms with E-state index in [2.05, 4.69) is 19.2 Å². The summed E-state index contributed by atoms with van der Waals surface area (Å²) in [5, 5.41) is 2.52. The number of Topliss-reactive ketones (excluding diaryl/α,β-unsaturated/α-hetero) is 1. The molecular formula is C35H59ClN2O6S. The second-order valence-corrected chi connectivity index (χ2v) is 14.1. The van der Waals surface area contributed by atoms with Gasteiger partial charge in [-0.25, -0.2) is 17.9 Å². The Hall–Kier alpha value is -2.13. The number of rotatable bonds is 27. The van der Waals surface area contributed by atoms with Gasteiger partial charge in [0.1, 0.15) is 5.78 Å². The predicted octanol–water partition coefficient (Wildman–Crippen LogP) is 9.60. The quantitative estimate of drug-likeness (QED) is 0.0546. The molecule has 0 heterocycles. The summed E-state index contributed by atoms with van der Waals surface area (Å²) in [6.45, 7) is 6.55. The Kier molecular flexibility index (Phi) is 22.7. The number of ether oxygens (including phenoxy) is 1. The number of amides is 2. The van der Waals surface area contributed by atoms with E-state index < -0.39 is 22.0 Å². The van der Waals surface area contributed by atoms with Crippen LogP contribution in [-0.4, -0.2) is 32.7 Å². The Morgan fingerprint density at radius 3 is 1.69 bits per heavy atom. The number of carbonyl (C=O) groups is 3. The highest BCUT2D eigenvalue weighted by atomic mass is 35.5. The van der Waals surface area contributed by atoms with Gasteiger partial charge in [0.15, 0.2) is 5.75 Å². The lowest BCUT2D eigenvalue weighted by Crippen LogP contribution is -2.40. The highest BCUT2D eigenvalue weighted by Crippen LogP contribution is 2.35. The van der Waals surface area contributed by atoms with E-state index in [0.717, 1.165) is 38.5 Å². The van der Waals surface area contributed by atoms with Crippen LogP contribution in [0, 0.1) is 0 Å². The van der Waals surface area contributed by atoms with Crippen LogP contribution in [0.4, 0.5) is 4.79 Å². The van der Waals surface area contributed by atoms with Gasteiger partial charge in [-0.3, -0.25) is 9.59 Å². The highest BCUT2D eigenvalue weighted by molar-refractivity contribution is 7.90. The van der Waals surface area contributed by atoms with Gasteiger partial charge in [0.25, 0.3) is 10.0 Å². The van der Waals surface area contributed by atoms with E-state index >= 15 is 0 Å². The molecule has 0 saturated heterocycles. The third-order valence-corrected chi connectivity index (χ3v) is 9.57. The lowest BCUT2D eigenvalue weighted by atomic mass is 10.0. The van der Waals surface area contributed by atoms with Crippen molar-refractivity contribution >= 4 is 39.4 Å². The molecule has 8 nitrogen and oxygen atoms in total. The van der Waals surface area contributed by atoms with Gasteiger partial charge in [0.05, 0.1) is 9.92 Å². The second-order valence-electron chi connectivity index (χ2n) is 12.1. The zero-order valence-electron chi connectivity index (χ0n) is 28.2. The summed E-state index contributed by atoms with van der Waals surface area (Å²) < 4.78 is 34.2. The molecule has 1 rings (SSSR count). The number of unbranched alkanes of at least 4 members (excludes halogenated alkanes) is 16. The molecule has 0 saturated carbocycles. The van der Waals surface area contributed by atoms with Crippen LogP contribution in [0.2, 0.25) is 5.02 Å². The first kappa shape index (κ1) is 40.9. The molecule has 0 unspecified atom stereocenters. The van der Waals surface area contributed by atoms with Crippen LogP contribution in [0.25, 0.3) is 0 Å². The zero-order chi connectivity index (χ0) is 33.3. The van der Waals surface area contributed by atoms with E-state index in [1.54, 1.807) is 0 Å². The number of nitrogens with one attached hydrogen (secondary N) is 2. The number of halogens is 1. The molecule has 10 heteroatoms. The number of ketones is 1. The summed E-state index contributed by atoms with van der Waals surface area (Å²) in [6.07, 6.45) is 20.7. The first-order chi connectivity index (χ1) is 21.7. The van der Waals surface area contributed by atoms with Crippen LogP contribution < -0.4 is 14.8 Å². The fourth-order valence-electron chi connectivity index (χ4n) is 5.23. The standard InChI is InChI=1S/C35H59ClN2O6S/c1-4-7-9-11-13-15-17-19-21-23-29(39)28-30-32(45(42,43)38-35(41)37-27-6-3)26-25-31(36)34(30)44-33(40)24-22-20-18-16-14-12-10-8-5-2/h25-26H,4-24,27-28H2,1-3H3,(H2,37,38,41). The Bertz CT molecular complexity index is 1110. The molecule has 0 fully saturated rings. The van der Waals surface area contributed by atoms with Gasteiger partial charge in [-0.2, -0.15) is 0 Å². The van der Waals surface area contributed by atoms with Gasteiger partial charge in [-0.15, -0.1) is 0 Å². The van der Waals surface area contributed by atoms with Crippen LogP contribution in [0.5, 0.6) is 5.75 Å². The number of sulfonamides is 1. The maximum absolute atomic E-state index is 13.3. The van der Waals surface area contributed by atoms with Crippen LogP contribution >= 0.6 is 11.6 Å². The van der Waals surface area contributed by atoms with Gasteiger partial charge in [0, 0.05) is 31.4 Å². The number of carbonyl (C=O) groups excluding carboxylic acids is 3. The summed E-state index contributed by atoms with van der Waals surface area (Å²) in [7, 11) is -4.38. The molecule has 0 atom stereocenters. The average Bonchev–Trinajstić information content (AvgIpc) is 2.99. The van der Waals surface area contributed by atoms with E-state index in [-0.39, 0.29) is 46.3 Å². The maximum atomic E-state index is 13.3. The molecule has 258 valence electrons.